The highest BCUT2D eigenvalue weighted by molar-refractivity contribution is 7.98. The van der Waals surface area contributed by atoms with E-state index in [1.807, 2.05) is 19.1 Å². The normalized spacial score (nSPS) is 11.2. The third-order valence-electron chi connectivity index (χ3n) is 3.44. The van der Waals surface area contributed by atoms with Crippen LogP contribution in [0.3, 0.4) is 0 Å². The summed E-state index contributed by atoms with van der Waals surface area (Å²) in [5.74, 6) is 1.25. The van der Waals surface area contributed by atoms with Crippen LogP contribution in [0.1, 0.15) is 11.5 Å². The van der Waals surface area contributed by atoms with E-state index in [1.165, 1.54) is 12.1 Å². The Kier molecular flexibility index (Phi) is 4.03. The van der Waals surface area contributed by atoms with Crippen molar-refractivity contribution in [3.63, 3.8) is 0 Å². The Morgan fingerprint density at radius 3 is 2.75 bits per heavy atom. The molecule has 3 heterocycles. The molecule has 0 fully saturated rings. The number of thiophene rings is 1. The van der Waals surface area contributed by atoms with Crippen molar-refractivity contribution < 1.29 is 8.91 Å². The van der Waals surface area contributed by atoms with E-state index in [0.717, 1.165) is 37.1 Å². The lowest BCUT2D eigenvalue weighted by Crippen LogP contribution is -1.85. The highest BCUT2D eigenvalue weighted by Gasteiger charge is 2.12. The summed E-state index contributed by atoms with van der Waals surface area (Å²) in [4.78, 5) is 9.78. The number of aryl methyl sites for hydroxylation is 1. The second kappa shape index (κ2) is 6.33. The average molecular weight is 357 g/mol. The summed E-state index contributed by atoms with van der Waals surface area (Å²) in [6, 6.07) is 10.4. The molecule has 0 saturated heterocycles. The van der Waals surface area contributed by atoms with Gasteiger partial charge in [-0.1, -0.05) is 29.1 Å². The molecule has 0 bridgehead atoms. The van der Waals surface area contributed by atoms with Crippen LogP contribution in [0, 0.1) is 12.7 Å². The number of hydrogen-bond donors (Lipinski definition) is 0. The monoisotopic (exact) mass is 357 g/mol. The smallest absolute Gasteiger partial charge is 0.133 e. The van der Waals surface area contributed by atoms with E-state index in [4.69, 9.17) is 4.52 Å². The Bertz CT molecular complexity index is 995. The van der Waals surface area contributed by atoms with Crippen molar-refractivity contribution in [2.75, 3.05) is 0 Å². The Hall–Kier alpha value is -2.25. The highest BCUT2D eigenvalue weighted by atomic mass is 32.2. The lowest BCUT2D eigenvalue weighted by molar-refractivity contribution is 0.393. The number of thioether (sulfide) groups is 1. The van der Waals surface area contributed by atoms with Crippen molar-refractivity contribution in [3.8, 4) is 10.4 Å². The maximum Gasteiger partial charge on any atom is 0.133 e. The van der Waals surface area contributed by atoms with Crippen LogP contribution in [0.25, 0.3) is 20.7 Å². The number of fused-ring (bicyclic) bond motifs is 1. The predicted octanol–water partition coefficient (Wildman–Crippen LogP) is 5.09. The zero-order valence-corrected chi connectivity index (χ0v) is 14.3. The van der Waals surface area contributed by atoms with Gasteiger partial charge in [0.15, 0.2) is 0 Å². The largest absolute Gasteiger partial charge is 0.361 e. The highest BCUT2D eigenvalue weighted by Crippen LogP contribution is 2.37. The van der Waals surface area contributed by atoms with E-state index in [9.17, 15) is 4.39 Å². The van der Waals surface area contributed by atoms with E-state index in [-0.39, 0.29) is 5.82 Å². The molecule has 0 atom stereocenters. The summed E-state index contributed by atoms with van der Waals surface area (Å²) in [5.41, 5.74) is 2.76. The van der Waals surface area contributed by atoms with Crippen molar-refractivity contribution in [2.24, 2.45) is 0 Å². The fourth-order valence-corrected chi connectivity index (χ4v) is 4.40. The molecule has 3 aromatic heterocycles. The van der Waals surface area contributed by atoms with E-state index in [0.29, 0.717) is 5.75 Å². The maximum atomic E-state index is 13.1. The van der Waals surface area contributed by atoms with Gasteiger partial charge in [0.25, 0.3) is 0 Å². The molecule has 0 N–H and O–H groups in total. The number of rotatable bonds is 4. The van der Waals surface area contributed by atoms with Crippen LogP contribution in [-0.2, 0) is 5.75 Å². The van der Waals surface area contributed by atoms with Gasteiger partial charge >= 0.3 is 0 Å². The first-order valence-electron chi connectivity index (χ1n) is 7.24. The summed E-state index contributed by atoms with van der Waals surface area (Å²) < 4.78 is 19.2. The number of halogens is 1. The Balaban J connectivity index is 1.65. The minimum Gasteiger partial charge on any atom is -0.361 e. The quantitative estimate of drug-likeness (QED) is 0.376. The van der Waals surface area contributed by atoms with Crippen LogP contribution < -0.4 is 0 Å². The lowest BCUT2D eigenvalue weighted by atomic mass is 10.2. The van der Waals surface area contributed by atoms with E-state index >= 15 is 0 Å². The standard InChI is InChI=1S/C17H12FN3OS2/c1-10-6-13(21-22-10)8-23-17-16-14(19-9-20-17)7-15(24-16)11-2-4-12(18)5-3-11/h2-7,9H,8H2,1H3. The molecule has 0 unspecified atom stereocenters. The molecule has 24 heavy (non-hydrogen) atoms. The van der Waals surface area contributed by atoms with Gasteiger partial charge in [-0.2, -0.15) is 0 Å². The van der Waals surface area contributed by atoms with Crippen LogP contribution in [0.15, 0.2) is 52.3 Å². The molecule has 120 valence electrons. The van der Waals surface area contributed by atoms with Gasteiger partial charge in [0.05, 0.1) is 15.9 Å². The van der Waals surface area contributed by atoms with Gasteiger partial charge < -0.3 is 4.52 Å². The molecule has 4 rings (SSSR count). The van der Waals surface area contributed by atoms with Gasteiger partial charge in [0, 0.05) is 16.7 Å². The van der Waals surface area contributed by atoms with Crippen LogP contribution in [0.2, 0.25) is 0 Å². The van der Waals surface area contributed by atoms with Gasteiger partial charge in [-0.15, -0.1) is 11.3 Å². The van der Waals surface area contributed by atoms with Crippen LogP contribution in [0.5, 0.6) is 0 Å². The fourth-order valence-electron chi connectivity index (χ4n) is 2.32. The van der Waals surface area contributed by atoms with Crippen LogP contribution >= 0.6 is 23.1 Å². The van der Waals surface area contributed by atoms with Crippen LogP contribution in [0.4, 0.5) is 4.39 Å². The van der Waals surface area contributed by atoms with E-state index in [1.54, 1.807) is 41.6 Å². The summed E-state index contributed by atoms with van der Waals surface area (Å²) in [5, 5.41) is 4.92. The van der Waals surface area contributed by atoms with Crippen molar-refractivity contribution in [2.45, 2.75) is 17.7 Å². The predicted molar refractivity (Wildman–Crippen MR) is 93.6 cm³/mol. The third kappa shape index (κ3) is 3.05. The first-order chi connectivity index (χ1) is 11.7. The van der Waals surface area contributed by atoms with E-state index in [2.05, 4.69) is 15.1 Å². The maximum absolute atomic E-state index is 13.1. The molecule has 0 aliphatic carbocycles. The molecule has 0 aliphatic rings. The molecular formula is C17H12FN3OS2. The van der Waals surface area contributed by atoms with Gasteiger partial charge in [-0.25, -0.2) is 14.4 Å². The second-order valence-corrected chi connectivity index (χ2v) is 7.24. The topological polar surface area (TPSA) is 51.8 Å². The van der Waals surface area contributed by atoms with Gasteiger partial charge in [-0.3, -0.25) is 0 Å². The summed E-state index contributed by atoms with van der Waals surface area (Å²) in [6.07, 6.45) is 1.57. The zero-order valence-electron chi connectivity index (χ0n) is 12.7. The third-order valence-corrected chi connectivity index (χ3v) is 5.77. The fraction of sp³-hybridized carbons (Fsp3) is 0.118. The Labute approximate surface area is 145 Å². The Morgan fingerprint density at radius 1 is 1.17 bits per heavy atom. The molecule has 0 radical (unpaired) electrons. The van der Waals surface area contributed by atoms with Gasteiger partial charge in [-0.05, 0) is 30.7 Å². The van der Waals surface area contributed by atoms with Crippen molar-refractivity contribution in [1.82, 2.24) is 15.1 Å². The minimum atomic E-state index is -0.237. The van der Waals surface area contributed by atoms with Gasteiger partial charge in [0.2, 0.25) is 0 Å². The molecular weight excluding hydrogens is 345 g/mol. The molecule has 0 aliphatic heterocycles. The van der Waals surface area contributed by atoms with Crippen molar-refractivity contribution in [3.05, 3.63) is 60.0 Å². The van der Waals surface area contributed by atoms with Gasteiger partial charge in [0.1, 0.15) is 22.9 Å². The molecule has 0 saturated carbocycles. The minimum absolute atomic E-state index is 0.237. The summed E-state index contributed by atoms with van der Waals surface area (Å²) >= 11 is 3.22. The molecule has 0 amide bonds. The first-order valence-corrected chi connectivity index (χ1v) is 9.05. The van der Waals surface area contributed by atoms with E-state index < -0.39 is 0 Å². The second-order valence-electron chi connectivity index (χ2n) is 5.23. The molecule has 0 spiro atoms. The number of hydrogen-bond acceptors (Lipinski definition) is 6. The lowest BCUT2D eigenvalue weighted by Gasteiger charge is -1.99. The van der Waals surface area contributed by atoms with Crippen LogP contribution in [-0.4, -0.2) is 15.1 Å². The van der Waals surface area contributed by atoms with Crippen molar-refractivity contribution >= 4 is 33.3 Å². The summed E-state index contributed by atoms with van der Waals surface area (Å²) in [7, 11) is 0. The average Bonchev–Trinajstić information content (AvgIpc) is 3.20. The molecule has 7 heteroatoms. The van der Waals surface area contributed by atoms with Crippen molar-refractivity contribution in [1.29, 1.82) is 0 Å². The number of nitrogens with zero attached hydrogens (tertiary/aromatic N) is 3. The number of benzene rings is 1. The summed E-state index contributed by atoms with van der Waals surface area (Å²) in [6.45, 7) is 1.87. The number of aromatic nitrogens is 3. The molecule has 4 nitrogen and oxygen atoms in total. The SMILES string of the molecule is Cc1cc(CSc2ncnc3cc(-c4ccc(F)cc4)sc23)no1. The first kappa shape index (κ1) is 15.3. The zero-order chi connectivity index (χ0) is 16.5. The Morgan fingerprint density at radius 2 is 2.00 bits per heavy atom. The molecule has 4 aromatic rings. The molecule has 1 aromatic carbocycles.